The summed E-state index contributed by atoms with van der Waals surface area (Å²) in [5.74, 6) is 0. The minimum atomic E-state index is 0.888. The number of ether oxygens (including phenoxy) is 1. The maximum atomic E-state index is 5.08. The lowest BCUT2D eigenvalue weighted by Crippen LogP contribution is -2.05. The zero-order valence-corrected chi connectivity index (χ0v) is 4.44. The van der Waals surface area contributed by atoms with E-state index in [0.29, 0.717) is 0 Å². The summed E-state index contributed by atoms with van der Waals surface area (Å²) in [5, 5.41) is 0. The molecule has 40 valence electrons. The van der Waals surface area contributed by atoms with Gasteiger partial charge in [-0.05, 0) is 12.8 Å². The third-order valence-electron chi connectivity index (χ3n) is 1.20. The van der Waals surface area contributed by atoms with Crippen molar-refractivity contribution >= 4 is 0 Å². The first kappa shape index (κ1) is 4.85. The Morgan fingerprint density at radius 3 is 2.14 bits per heavy atom. The zero-order valence-electron chi connectivity index (χ0n) is 4.44. The van der Waals surface area contributed by atoms with Crippen molar-refractivity contribution in [3.05, 3.63) is 12.2 Å². The Labute approximate surface area is 44.0 Å². The van der Waals surface area contributed by atoms with Crippen molar-refractivity contribution in [2.45, 2.75) is 12.8 Å². The van der Waals surface area contributed by atoms with Gasteiger partial charge in [0.2, 0.25) is 0 Å². The largest absolute Gasteiger partial charge is 0.381 e. The van der Waals surface area contributed by atoms with Crippen molar-refractivity contribution in [1.82, 2.24) is 0 Å². The summed E-state index contributed by atoms with van der Waals surface area (Å²) < 4.78 is 5.08. The molecule has 0 saturated carbocycles. The predicted octanol–water partition coefficient (Wildman–Crippen LogP) is 1.35. The molecule has 0 aromatic rings. The molecule has 0 aliphatic carbocycles. The van der Waals surface area contributed by atoms with Crippen LogP contribution in [0.4, 0.5) is 0 Å². The Kier molecular flexibility index (Phi) is 1.47. The number of hydrogen-bond acceptors (Lipinski definition) is 1. The Morgan fingerprint density at radius 2 is 1.86 bits per heavy atom. The van der Waals surface area contributed by atoms with E-state index in [1.807, 2.05) is 0 Å². The van der Waals surface area contributed by atoms with E-state index >= 15 is 0 Å². The fourth-order valence-corrected chi connectivity index (χ4v) is 0.660. The average Bonchev–Trinajstić information content (AvgIpc) is 1.69. The summed E-state index contributed by atoms with van der Waals surface area (Å²) in [6.07, 6.45) is 2.14. The lowest BCUT2D eigenvalue weighted by molar-refractivity contribution is 0.119. The Bertz CT molecular complexity index is 68.2. The van der Waals surface area contributed by atoms with Crippen molar-refractivity contribution < 1.29 is 4.74 Å². The van der Waals surface area contributed by atoms with Gasteiger partial charge >= 0.3 is 0 Å². The van der Waals surface area contributed by atoms with Crippen LogP contribution in [-0.2, 0) is 4.74 Å². The molecule has 0 bridgehead atoms. The smallest absolute Gasteiger partial charge is 0.0503 e. The van der Waals surface area contributed by atoms with Crippen molar-refractivity contribution in [2.75, 3.05) is 13.2 Å². The van der Waals surface area contributed by atoms with E-state index in [-0.39, 0.29) is 0 Å². The molecule has 1 rings (SSSR count). The van der Waals surface area contributed by atoms with Gasteiger partial charge < -0.3 is 4.74 Å². The van der Waals surface area contributed by atoms with Crippen molar-refractivity contribution in [1.29, 1.82) is 0 Å². The molecule has 0 spiro atoms. The van der Waals surface area contributed by atoms with Crippen LogP contribution in [0, 0.1) is 0 Å². The third-order valence-corrected chi connectivity index (χ3v) is 1.20. The first-order valence-corrected chi connectivity index (χ1v) is 2.64. The first-order valence-electron chi connectivity index (χ1n) is 2.64. The van der Waals surface area contributed by atoms with E-state index in [1.165, 1.54) is 5.57 Å². The second kappa shape index (κ2) is 2.12. The van der Waals surface area contributed by atoms with Gasteiger partial charge in [-0.1, -0.05) is 12.2 Å². The molecule has 0 N–H and O–H groups in total. The van der Waals surface area contributed by atoms with Crippen molar-refractivity contribution in [2.24, 2.45) is 0 Å². The lowest BCUT2D eigenvalue weighted by Gasteiger charge is -2.11. The van der Waals surface area contributed by atoms with Crippen LogP contribution in [0.15, 0.2) is 12.2 Å². The summed E-state index contributed by atoms with van der Waals surface area (Å²) in [6.45, 7) is 5.61. The lowest BCUT2D eigenvalue weighted by atomic mass is 10.1. The Hall–Kier alpha value is -0.300. The molecule has 0 aromatic heterocycles. The third kappa shape index (κ3) is 1.32. The van der Waals surface area contributed by atoms with E-state index in [4.69, 9.17) is 4.74 Å². The SMILES string of the molecule is C=C1CCOCC1. The van der Waals surface area contributed by atoms with Gasteiger partial charge in [0, 0.05) is 0 Å². The van der Waals surface area contributed by atoms with Crippen LogP contribution in [0.2, 0.25) is 0 Å². The molecule has 1 aliphatic heterocycles. The molecular weight excluding hydrogens is 88.1 g/mol. The molecule has 0 unspecified atom stereocenters. The van der Waals surface area contributed by atoms with Gasteiger partial charge in [0.05, 0.1) is 13.2 Å². The van der Waals surface area contributed by atoms with Gasteiger partial charge in [0.15, 0.2) is 0 Å². The highest BCUT2D eigenvalue weighted by Crippen LogP contribution is 2.09. The van der Waals surface area contributed by atoms with Crippen molar-refractivity contribution in [3.8, 4) is 0 Å². The van der Waals surface area contributed by atoms with Crippen LogP contribution in [0.25, 0.3) is 0 Å². The van der Waals surface area contributed by atoms with Gasteiger partial charge in [0.25, 0.3) is 0 Å². The highest BCUT2D eigenvalue weighted by Gasteiger charge is 2.00. The minimum Gasteiger partial charge on any atom is -0.381 e. The van der Waals surface area contributed by atoms with Gasteiger partial charge in [-0.2, -0.15) is 0 Å². The molecule has 1 nitrogen and oxygen atoms in total. The molecule has 1 saturated heterocycles. The molecule has 1 fully saturated rings. The van der Waals surface area contributed by atoms with Crippen molar-refractivity contribution in [3.63, 3.8) is 0 Å². The summed E-state index contributed by atoms with van der Waals surface area (Å²) in [7, 11) is 0. The van der Waals surface area contributed by atoms with Crippen LogP contribution < -0.4 is 0 Å². The maximum Gasteiger partial charge on any atom is 0.0503 e. The monoisotopic (exact) mass is 98.1 g/mol. The van der Waals surface area contributed by atoms with Crippen LogP contribution in [0.3, 0.4) is 0 Å². The molecule has 0 atom stereocenters. The summed E-state index contributed by atoms with van der Waals surface area (Å²) in [5.41, 5.74) is 1.34. The Balaban J connectivity index is 2.25. The summed E-state index contributed by atoms with van der Waals surface area (Å²) in [6, 6.07) is 0. The molecule has 1 heterocycles. The van der Waals surface area contributed by atoms with Gasteiger partial charge in [-0.15, -0.1) is 0 Å². The molecule has 0 amide bonds. The molecule has 0 radical (unpaired) electrons. The second-order valence-corrected chi connectivity index (χ2v) is 1.86. The second-order valence-electron chi connectivity index (χ2n) is 1.86. The van der Waals surface area contributed by atoms with Crippen LogP contribution in [0.1, 0.15) is 12.8 Å². The topological polar surface area (TPSA) is 9.23 Å². The molecule has 0 aromatic carbocycles. The van der Waals surface area contributed by atoms with Crippen LogP contribution in [0.5, 0.6) is 0 Å². The van der Waals surface area contributed by atoms with Gasteiger partial charge in [0.1, 0.15) is 0 Å². The van der Waals surface area contributed by atoms with E-state index < -0.39 is 0 Å². The number of rotatable bonds is 0. The average molecular weight is 98.1 g/mol. The Morgan fingerprint density at radius 1 is 1.29 bits per heavy atom. The summed E-state index contributed by atoms with van der Waals surface area (Å²) in [4.78, 5) is 0. The molecule has 1 aliphatic rings. The summed E-state index contributed by atoms with van der Waals surface area (Å²) >= 11 is 0. The van der Waals surface area contributed by atoms with Gasteiger partial charge in [-0.3, -0.25) is 0 Å². The predicted molar refractivity (Wildman–Crippen MR) is 29.2 cm³/mol. The van der Waals surface area contributed by atoms with Crippen LogP contribution >= 0.6 is 0 Å². The maximum absolute atomic E-state index is 5.08. The normalized spacial score (nSPS) is 22.6. The quantitative estimate of drug-likeness (QED) is 0.415. The molecule has 1 heteroatoms. The van der Waals surface area contributed by atoms with E-state index in [9.17, 15) is 0 Å². The first-order chi connectivity index (χ1) is 3.39. The number of hydrogen-bond donors (Lipinski definition) is 0. The minimum absolute atomic E-state index is 0.888. The van der Waals surface area contributed by atoms with E-state index in [0.717, 1.165) is 26.1 Å². The van der Waals surface area contributed by atoms with Crippen LogP contribution in [-0.4, -0.2) is 13.2 Å². The molecular formula is C6H10O. The highest BCUT2D eigenvalue weighted by atomic mass is 16.5. The standard InChI is InChI=1S/C6H10O/c1-6-2-4-7-5-3-6/h1-5H2. The molecule has 7 heavy (non-hydrogen) atoms. The van der Waals surface area contributed by atoms with E-state index in [2.05, 4.69) is 6.58 Å². The zero-order chi connectivity index (χ0) is 5.11. The highest BCUT2D eigenvalue weighted by molar-refractivity contribution is 4.95. The fourth-order valence-electron chi connectivity index (χ4n) is 0.660. The fraction of sp³-hybridized carbons (Fsp3) is 0.667. The van der Waals surface area contributed by atoms with Gasteiger partial charge in [-0.25, -0.2) is 0 Å². The van der Waals surface area contributed by atoms with E-state index in [1.54, 1.807) is 0 Å².